The fourth-order valence-electron chi connectivity index (χ4n) is 3.30. The van der Waals surface area contributed by atoms with E-state index in [0.717, 1.165) is 14.0 Å². The Morgan fingerprint density at radius 2 is 2.17 bits per heavy atom. The van der Waals surface area contributed by atoms with E-state index in [1.165, 1.54) is 29.7 Å². The number of pyridine rings is 1. The van der Waals surface area contributed by atoms with Gasteiger partial charge in [-0.25, -0.2) is 13.8 Å². The van der Waals surface area contributed by atoms with E-state index in [-0.39, 0.29) is 16.9 Å². The molecule has 6 nitrogen and oxygen atoms in total. The van der Waals surface area contributed by atoms with Gasteiger partial charge in [-0.05, 0) is 48.0 Å². The van der Waals surface area contributed by atoms with Crippen molar-refractivity contribution < 1.29 is 13.0 Å². The number of nitrogens with zero attached hydrogens (tertiary/aromatic N) is 4. The van der Waals surface area contributed by atoms with Gasteiger partial charge in [-0.15, -0.1) is 11.3 Å². The van der Waals surface area contributed by atoms with E-state index in [9.17, 15) is 13.0 Å². The zero-order valence-corrected chi connectivity index (χ0v) is 19.6. The second kappa shape index (κ2) is 8.43. The molecular weight excluding hydrogens is 496 g/mol. The number of anilines is 2. The summed E-state index contributed by atoms with van der Waals surface area (Å²) < 4.78 is 39.7. The minimum absolute atomic E-state index is 0.0576. The van der Waals surface area contributed by atoms with Crippen molar-refractivity contribution in [3.05, 3.63) is 39.4 Å². The fraction of sp³-hybridized carbons (Fsp3) is 0.421. The SMILES string of the molecule is CC1(C)CN(c2nc(NCc3cc(C(F)F)ccn3)c3sc(Br)cc3n2)CCS1=O. The molecule has 0 saturated carbocycles. The summed E-state index contributed by atoms with van der Waals surface area (Å²) in [7, 11) is -0.896. The Morgan fingerprint density at radius 3 is 2.90 bits per heavy atom. The van der Waals surface area contributed by atoms with E-state index in [1.807, 2.05) is 24.8 Å². The third-order valence-electron chi connectivity index (χ3n) is 4.88. The van der Waals surface area contributed by atoms with Crippen molar-refractivity contribution in [1.29, 1.82) is 0 Å². The van der Waals surface area contributed by atoms with Crippen LogP contribution in [0.15, 0.2) is 28.2 Å². The van der Waals surface area contributed by atoms with Gasteiger partial charge >= 0.3 is 0 Å². The van der Waals surface area contributed by atoms with E-state index < -0.39 is 17.2 Å². The first kappa shape index (κ1) is 21.5. The second-order valence-electron chi connectivity index (χ2n) is 7.60. The maximum atomic E-state index is 13.0. The molecule has 3 aromatic rings. The highest BCUT2D eigenvalue weighted by molar-refractivity contribution is 9.11. The molecule has 1 saturated heterocycles. The lowest BCUT2D eigenvalue weighted by Crippen LogP contribution is -2.50. The number of nitrogens with one attached hydrogen (secondary N) is 1. The minimum atomic E-state index is -2.54. The van der Waals surface area contributed by atoms with Crippen LogP contribution in [0.4, 0.5) is 20.5 Å². The van der Waals surface area contributed by atoms with Crippen molar-refractivity contribution in [2.75, 3.05) is 29.1 Å². The molecule has 4 rings (SSSR count). The quantitative estimate of drug-likeness (QED) is 0.528. The number of thiophene rings is 1. The first-order valence-electron chi connectivity index (χ1n) is 9.30. The topological polar surface area (TPSA) is 71.0 Å². The highest BCUT2D eigenvalue weighted by atomic mass is 79.9. The number of hydrogen-bond acceptors (Lipinski definition) is 7. The van der Waals surface area contributed by atoms with Crippen molar-refractivity contribution in [1.82, 2.24) is 15.0 Å². The maximum absolute atomic E-state index is 13.0. The fourth-order valence-corrected chi connectivity index (χ4v) is 6.03. The maximum Gasteiger partial charge on any atom is 0.263 e. The lowest BCUT2D eigenvalue weighted by atomic mass is 10.2. The van der Waals surface area contributed by atoms with Crippen molar-refractivity contribution in [2.45, 2.75) is 31.6 Å². The predicted molar refractivity (Wildman–Crippen MR) is 121 cm³/mol. The van der Waals surface area contributed by atoms with Gasteiger partial charge in [0, 0.05) is 41.4 Å². The number of halogens is 3. The minimum Gasteiger partial charge on any atom is -0.363 e. The Morgan fingerprint density at radius 1 is 1.37 bits per heavy atom. The standard InChI is InChI=1S/C19H20BrF2N5OS2/c1-19(2)10-27(5-6-30(19)28)18-25-13-8-14(20)29-15(13)17(26-18)24-9-12-7-11(16(21)22)3-4-23-12/h3-4,7-8,16H,5-6,9-10H2,1-2H3,(H,24,25,26). The molecule has 1 fully saturated rings. The van der Waals surface area contributed by atoms with Gasteiger partial charge in [-0.2, -0.15) is 4.98 Å². The third kappa shape index (κ3) is 4.47. The zero-order valence-electron chi connectivity index (χ0n) is 16.4. The Hall–Kier alpha value is -1.72. The number of fused-ring (bicyclic) bond motifs is 1. The van der Waals surface area contributed by atoms with Crippen molar-refractivity contribution >= 4 is 60.0 Å². The van der Waals surface area contributed by atoms with Crippen LogP contribution < -0.4 is 10.2 Å². The van der Waals surface area contributed by atoms with Gasteiger partial charge in [0.15, 0.2) is 0 Å². The van der Waals surface area contributed by atoms with Crippen LogP contribution in [0.25, 0.3) is 10.2 Å². The highest BCUT2D eigenvalue weighted by Gasteiger charge is 2.34. The average Bonchev–Trinajstić information content (AvgIpc) is 3.08. The molecular formula is C19H20BrF2N5OS2. The number of aromatic nitrogens is 3. The molecule has 1 aliphatic heterocycles. The van der Waals surface area contributed by atoms with Crippen molar-refractivity contribution in [3.8, 4) is 0 Å². The molecule has 1 atom stereocenters. The molecule has 0 aromatic carbocycles. The summed E-state index contributed by atoms with van der Waals surface area (Å²) >= 11 is 5.00. The van der Waals surface area contributed by atoms with Crippen LogP contribution in [0, 0.1) is 0 Å². The van der Waals surface area contributed by atoms with Gasteiger partial charge in [-0.1, -0.05) is 0 Å². The molecule has 4 heterocycles. The number of hydrogen-bond donors (Lipinski definition) is 1. The summed E-state index contributed by atoms with van der Waals surface area (Å²) in [6.45, 7) is 5.43. The van der Waals surface area contributed by atoms with Crippen LogP contribution in [-0.4, -0.2) is 42.8 Å². The van der Waals surface area contributed by atoms with E-state index >= 15 is 0 Å². The lowest BCUT2D eigenvalue weighted by Gasteiger charge is -2.37. The summed E-state index contributed by atoms with van der Waals surface area (Å²) in [5, 5.41) is 3.24. The van der Waals surface area contributed by atoms with Crippen LogP contribution in [-0.2, 0) is 17.3 Å². The lowest BCUT2D eigenvalue weighted by molar-refractivity contribution is 0.151. The smallest absolute Gasteiger partial charge is 0.263 e. The van der Waals surface area contributed by atoms with Crippen LogP contribution in [0.1, 0.15) is 31.5 Å². The monoisotopic (exact) mass is 515 g/mol. The van der Waals surface area contributed by atoms with E-state index in [1.54, 1.807) is 0 Å². The summed E-state index contributed by atoms with van der Waals surface area (Å²) in [5.41, 5.74) is 1.24. The van der Waals surface area contributed by atoms with Gasteiger partial charge in [0.1, 0.15) is 5.82 Å². The Balaban J connectivity index is 1.64. The molecule has 0 bridgehead atoms. The van der Waals surface area contributed by atoms with Gasteiger partial charge in [0.25, 0.3) is 6.43 Å². The summed E-state index contributed by atoms with van der Waals surface area (Å²) in [6.07, 6.45) is -1.15. The first-order valence-corrected chi connectivity index (χ1v) is 12.2. The summed E-state index contributed by atoms with van der Waals surface area (Å²) in [5.74, 6) is 1.75. The second-order valence-corrected chi connectivity index (χ2v) is 12.2. The average molecular weight is 516 g/mol. The van der Waals surface area contributed by atoms with Crippen LogP contribution in [0.2, 0.25) is 0 Å². The normalized spacial score (nSPS) is 18.9. The van der Waals surface area contributed by atoms with Crippen LogP contribution in [0.5, 0.6) is 0 Å². The first-order chi connectivity index (χ1) is 14.2. The number of alkyl halides is 2. The van der Waals surface area contributed by atoms with E-state index in [4.69, 9.17) is 9.97 Å². The summed E-state index contributed by atoms with van der Waals surface area (Å²) in [4.78, 5) is 15.6. The molecule has 1 aliphatic rings. The van der Waals surface area contributed by atoms with E-state index in [2.05, 4.69) is 26.2 Å². The molecule has 3 aromatic heterocycles. The Labute approximate surface area is 187 Å². The van der Waals surface area contributed by atoms with Gasteiger partial charge in [0.2, 0.25) is 5.95 Å². The molecule has 1 N–H and O–H groups in total. The molecule has 0 amide bonds. The molecule has 0 aliphatic carbocycles. The largest absolute Gasteiger partial charge is 0.363 e. The van der Waals surface area contributed by atoms with Gasteiger partial charge in [-0.3, -0.25) is 9.19 Å². The molecule has 0 radical (unpaired) electrons. The molecule has 1 unspecified atom stereocenters. The Kier molecular flexibility index (Phi) is 6.04. The molecule has 11 heteroatoms. The molecule has 0 spiro atoms. The summed E-state index contributed by atoms with van der Waals surface area (Å²) in [6, 6.07) is 4.64. The van der Waals surface area contributed by atoms with Gasteiger partial charge < -0.3 is 10.2 Å². The van der Waals surface area contributed by atoms with E-state index in [0.29, 0.717) is 36.3 Å². The zero-order chi connectivity index (χ0) is 21.5. The van der Waals surface area contributed by atoms with Crippen LogP contribution in [0.3, 0.4) is 0 Å². The van der Waals surface area contributed by atoms with Gasteiger partial charge in [0.05, 0.1) is 31.0 Å². The molecule has 30 heavy (non-hydrogen) atoms. The predicted octanol–water partition coefficient (Wildman–Crippen LogP) is 4.75. The molecule has 160 valence electrons. The highest BCUT2D eigenvalue weighted by Crippen LogP contribution is 2.35. The Bertz CT molecular complexity index is 1110. The van der Waals surface area contributed by atoms with Crippen LogP contribution >= 0.6 is 27.3 Å². The van der Waals surface area contributed by atoms with Crippen molar-refractivity contribution in [2.24, 2.45) is 0 Å². The third-order valence-corrected chi connectivity index (χ3v) is 8.43. The number of rotatable bonds is 5. The van der Waals surface area contributed by atoms with Crippen molar-refractivity contribution in [3.63, 3.8) is 0 Å².